The van der Waals surface area contributed by atoms with Crippen LogP contribution >= 0.6 is 0 Å². The number of nitrogens with one attached hydrogen (secondary N) is 1. The Morgan fingerprint density at radius 3 is 2.78 bits per heavy atom. The number of nitrogens with zero attached hydrogens (tertiary/aromatic N) is 3. The van der Waals surface area contributed by atoms with Crippen LogP contribution in [-0.2, 0) is 0 Å². The van der Waals surface area contributed by atoms with E-state index in [0.717, 1.165) is 25.9 Å². The maximum absolute atomic E-state index is 11.6. The van der Waals surface area contributed by atoms with Gasteiger partial charge in [-0.25, -0.2) is 4.79 Å². The number of piperidine rings is 1. The number of benzene rings is 1. The van der Waals surface area contributed by atoms with Crippen molar-refractivity contribution in [1.29, 1.82) is 10.5 Å². The van der Waals surface area contributed by atoms with Crippen molar-refractivity contribution < 1.29 is 9.90 Å². The van der Waals surface area contributed by atoms with E-state index in [9.17, 15) is 9.90 Å². The van der Waals surface area contributed by atoms with Gasteiger partial charge in [0.15, 0.2) is 0 Å². The van der Waals surface area contributed by atoms with Crippen LogP contribution in [-0.4, -0.2) is 24.2 Å². The average molecular weight is 310 g/mol. The molecule has 23 heavy (non-hydrogen) atoms. The molecule has 118 valence electrons. The van der Waals surface area contributed by atoms with Crippen LogP contribution < -0.4 is 10.2 Å². The number of anilines is 2. The minimum atomic E-state index is -0.994. The second-order valence-corrected chi connectivity index (χ2v) is 5.66. The van der Waals surface area contributed by atoms with Gasteiger partial charge in [-0.15, -0.1) is 0 Å². The van der Waals surface area contributed by atoms with Gasteiger partial charge in [0, 0.05) is 25.0 Å². The summed E-state index contributed by atoms with van der Waals surface area (Å²) in [6.07, 6.45) is 3.48. The molecule has 0 saturated carbocycles. The zero-order valence-corrected chi connectivity index (χ0v) is 12.9. The molecule has 1 heterocycles. The Morgan fingerprint density at radius 2 is 2.17 bits per heavy atom. The molecule has 0 aromatic heterocycles. The summed E-state index contributed by atoms with van der Waals surface area (Å²) in [5.74, 6) is -0.452. The number of hydrogen-bond donors (Lipinski definition) is 2. The van der Waals surface area contributed by atoms with Crippen LogP contribution in [0.3, 0.4) is 0 Å². The van der Waals surface area contributed by atoms with Gasteiger partial charge >= 0.3 is 5.97 Å². The Hall–Kier alpha value is -2.99. The van der Waals surface area contributed by atoms with Crippen molar-refractivity contribution in [3.05, 3.63) is 35.5 Å². The van der Waals surface area contributed by atoms with Gasteiger partial charge in [0.25, 0.3) is 0 Å². The van der Waals surface area contributed by atoms with Crippen LogP contribution in [0, 0.1) is 28.6 Å². The third-order valence-electron chi connectivity index (χ3n) is 3.85. The molecule has 0 aliphatic carbocycles. The van der Waals surface area contributed by atoms with Crippen LogP contribution in [0.1, 0.15) is 30.1 Å². The normalized spacial score (nSPS) is 16.8. The minimum Gasteiger partial charge on any atom is -0.478 e. The second-order valence-electron chi connectivity index (χ2n) is 5.66. The fourth-order valence-corrected chi connectivity index (χ4v) is 2.73. The number of carboxylic acid groups (broad SMARTS) is 1. The summed E-state index contributed by atoms with van der Waals surface area (Å²) in [7, 11) is 0. The molecule has 2 N–H and O–H groups in total. The first-order valence-electron chi connectivity index (χ1n) is 7.44. The molecule has 1 unspecified atom stereocenters. The standard InChI is InChI=1S/C17H18N4O2/c1-12-3-2-6-21(11-12)16-5-4-14(7-15(16)17(22)23)20-10-13(8-18)9-19/h4-5,7,10,12,20H,2-3,6,11H2,1H3,(H,22,23). The molecular weight excluding hydrogens is 292 g/mol. The topological polar surface area (TPSA) is 100 Å². The molecule has 1 aromatic rings. The number of carbonyl (C=O) groups is 1. The van der Waals surface area contributed by atoms with Gasteiger partial charge in [0.1, 0.15) is 17.7 Å². The number of rotatable bonds is 4. The molecule has 0 amide bonds. The first-order valence-corrected chi connectivity index (χ1v) is 7.44. The number of aromatic carboxylic acids is 1. The van der Waals surface area contributed by atoms with Crippen molar-refractivity contribution in [3.63, 3.8) is 0 Å². The minimum absolute atomic E-state index is 0.0733. The number of hydrogen-bond acceptors (Lipinski definition) is 5. The summed E-state index contributed by atoms with van der Waals surface area (Å²) in [6, 6.07) is 8.54. The Balaban J connectivity index is 2.29. The Morgan fingerprint density at radius 1 is 1.43 bits per heavy atom. The number of carboxylic acids is 1. The van der Waals surface area contributed by atoms with Crippen LogP contribution in [0.4, 0.5) is 11.4 Å². The zero-order valence-electron chi connectivity index (χ0n) is 12.9. The highest BCUT2D eigenvalue weighted by Gasteiger charge is 2.21. The van der Waals surface area contributed by atoms with E-state index in [4.69, 9.17) is 10.5 Å². The molecule has 6 nitrogen and oxygen atoms in total. The molecule has 1 fully saturated rings. The summed E-state index contributed by atoms with van der Waals surface area (Å²) >= 11 is 0. The second kappa shape index (κ2) is 7.33. The predicted molar refractivity (Wildman–Crippen MR) is 86.9 cm³/mol. The maximum atomic E-state index is 11.6. The molecule has 0 spiro atoms. The summed E-state index contributed by atoms with van der Waals surface area (Å²) < 4.78 is 0. The number of nitriles is 2. The molecule has 1 aliphatic heterocycles. The van der Waals surface area contributed by atoms with Crippen LogP contribution in [0.25, 0.3) is 0 Å². The lowest BCUT2D eigenvalue weighted by Gasteiger charge is -2.33. The Kier molecular flexibility index (Phi) is 5.22. The van der Waals surface area contributed by atoms with E-state index in [1.54, 1.807) is 24.3 Å². The highest BCUT2D eigenvalue weighted by Crippen LogP contribution is 2.28. The van der Waals surface area contributed by atoms with Crippen molar-refractivity contribution in [3.8, 4) is 12.1 Å². The molecule has 1 atom stereocenters. The van der Waals surface area contributed by atoms with E-state index in [0.29, 0.717) is 17.3 Å². The van der Waals surface area contributed by atoms with Gasteiger partial charge in [-0.3, -0.25) is 0 Å². The lowest BCUT2D eigenvalue weighted by molar-refractivity contribution is 0.0697. The van der Waals surface area contributed by atoms with Gasteiger partial charge in [-0.1, -0.05) is 6.92 Å². The van der Waals surface area contributed by atoms with E-state index in [1.807, 2.05) is 0 Å². The molecule has 1 aromatic carbocycles. The first-order chi connectivity index (χ1) is 11.0. The molecule has 0 radical (unpaired) electrons. The van der Waals surface area contributed by atoms with E-state index in [1.165, 1.54) is 12.3 Å². The van der Waals surface area contributed by atoms with Gasteiger partial charge in [0.2, 0.25) is 0 Å². The van der Waals surface area contributed by atoms with Crippen molar-refractivity contribution in [2.75, 3.05) is 23.3 Å². The molecular formula is C17H18N4O2. The van der Waals surface area contributed by atoms with Gasteiger partial charge in [0.05, 0.1) is 11.3 Å². The summed E-state index contributed by atoms with van der Waals surface area (Å²) in [6.45, 7) is 3.86. The van der Waals surface area contributed by atoms with E-state index >= 15 is 0 Å². The lowest BCUT2D eigenvalue weighted by Crippen LogP contribution is -2.35. The average Bonchev–Trinajstić information content (AvgIpc) is 2.55. The molecule has 6 heteroatoms. The fraction of sp³-hybridized carbons (Fsp3) is 0.353. The SMILES string of the molecule is CC1CCCN(c2ccc(NC=C(C#N)C#N)cc2C(=O)O)C1. The maximum Gasteiger partial charge on any atom is 0.337 e. The van der Waals surface area contributed by atoms with E-state index in [2.05, 4.69) is 17.1 Å². The summed E-state index contributed by atoms with van der Waals surface area (Å²) in [4.78, 5) is 13.7. The molecule has 0 bridgehead atoms. The van der Waals surface area contributed by atoms with E-state index < -0.39 is 5.97 Å². The largest absolute Gasteiger partial charge is 0.478 e. The van der Waals surface area contributed by atoms with E-state index in [-0.39, 0.29) is 11.1 Å². The monoisotopic (exact) mass is 310 g/mol. The van der Waals surface area contributed by atoms with Crippen molar-refractivity contribution in [2.24, 2.45) is 5.92 Å². The van der Waals surface area contributed by atoms with Gasteiger partial charge < -0.3 is 15.3 Å². The predicted octanol–water partition coefficient (Wildman–Crippen LogP) is 2.96. The highest BCUT2D eigenvalue weighted by molar-refractivity contribution is 5.95. The Labute approximate surface area is 135 Å². The van der Waals surface area contributed by atoms with Crippen molar-refractivity contribution in [1.82, 2.24) is 0 Å². The van der Waals surface area contributed by atoms with Crippen LogP contribution in [0.2, 0.25) is 0 Å². The first kappa shape index (κ1) is 16.4. The zero-order chi connectivity index (χ0) is 16.8. The fourth-order valence-electron chi connectivity index (χ4n) is 2.73. The third kappa shape index (κ3) is 4.02. The van der Waals surface area contributed by atoms with Crippen LogP contribution in [0.5, 0.6) is 0 Å². The van der Waals surface area contributed by atoms with Crippen molar-refractivity contribution >= 4 is 17.3 Å². The van der Waals surface area contributed by atoms with Gasteiger partial charge in [-0.05, 0) is 37.0 Å². The summed E-state index contributed by atoms with van der Waals surface area (Å²) in [5.41, 5.74) is 1.38. The van der Waals surface area contributed by atoms with Gasteiger partial charge in [-0.2, -0.15) is 10.5 Å². The molecule has 2 rings (SSSR count). The van der Waals surface area contributed by atoms with Crippen LogP contribution in [0.15, 0.2) is 30.0 Å². The molecule has 1 saturated heterocycles. The quantitative estimate of drug-likeness (QED) is 0.829. The van der Waals surface area contributed by atoms with Crippen molar-refractivity contribution in [2.45, 2.75) is 19.8 Å². The Bertz CT molecular complexity index is 696. The number of allylic oxidation sites excluding steroid dienone is 1. The third-order valence-corrected chi connectivity index (χ3v) is 3.85. The molecule has 1 aliphatic rings. The lowest BCUT2D eigenvalue weighted by atomic mass is 9.98. The highest BCUT2D eigenvalue weighted by atomic mass is 16.4. The summed E-state index contributed by atoms with van der Waals surface area (Å²) in [5, 5.41) is 29.7. The smallest absolute Gasteiger partial charge is 0.337 e.